The van der Waals surface area contributed by atoms with Crippen LogP contribution in [0.3, 0.4) is 0 Å². The summed E-state index contributed by atoms with van der Waals surface area (Å²) in [4.78, 5) is 25.2. The van der Waals surface area contributed by atoms with Gasteiger partial charge in [-0.1, -0.05) is 31.6 Å². The quantitative estimate of drug-likeness (QED) is 0.671. The summed E-state index contributed by atoms with van der Waals surface area (Å²) in [6, 6.07) is 0. The molecule has 6 nitrogen and oxygen atoms in total. The van der Waals surface area contributed by atoms with Gasteiger partial charge in [-0.25, -0.2) is 0 Å². The van der Waals surface area contributed by atoms with E-state index >= 15 is 0 Å². The molecule has 164 valence electrons. The van der Waals surface area contributed by atoms with Gasteiger partial charge in [-0.2, -0.15) is 0 Å². The summed E-state index contributed by atoms with van der Waals surface area (Å²) < 4.78 is 12.5. The van der Waals surface area contributed by atoms with Crippen LogP contribution in [0.5, 0.6) is 0 Å². The number of ether oxygens (including phenoxy) is 2. The number of Topliss-reactive ketones (excluding diaryl/α,β-unsaturated/α-hetero) is 1. The van der Waals surface area contributed by atoms with Crippen molar-refractivity contribution in [3.8, 4) is 0 Å². The Morgan fingerprint density at radius 2 is 2.00 bits per heavy atom. The number of carbonyl (C=O) groups excluding carboxylic acids is 2. The highest BCUT2D eigenvalue weighted by molar-refractivity contribution is 5.93. The van der Waals surface area contributed by atoms with Gasteiger partial charge in [-0.15, -0.1) is 0 Å². The molecular formula is C24H32O6. The molecule has 5 rings (SSSR count). The molecule has 0 spiro atoms. The van der Waals surface area contributed by atoms with Gasteiger partial charge in [0.15, 0.2) is 23.0 Å². The summed E-state index contributed by atoms with van der Waals surface area (Å²) in [6.07, 6.45) is 7.01. The minimum atomic E-state index is -1.24. The lowest BCUT2D eigenvalue weighted by atomic mass is 9.47. The van der Waals surface area contributed by atoms with Gasteiger partial charge in [0.1, 0.15) is 6.61 Å². The van der Waals surface area contributed by atoms with Crippen LogP contribution in [0.15, 0.2) is 23.8 Å². The van der Waals surface area contributed by atoms with Gasteiger partial charge in [-0.3, -0.25) is 9.59 Å². The van der Waals surface area contributed by atoms with Crippen molar-refractivity contribution in [3.05, 3.63) is 23.8 Å². The highest BCUT2D eigenvalue weighted by Crippen LogP contribution is 2.69. The second-order valence-electron chi connectivity index (χ2n) is 10.9. The molecule has 2 N–H and O–H groups in total. The van der Waals surface area contributed by atoms with Crippen molar-refractivity contribution in [2.75, 3.05) is 6.61 Å². The molecule has 2 saturated carbocycles. The molecule has 1 heterocycles. The molecule has 0 amide bonds. The van der Waals surface area contributed by atoms with Crippen LogP contribution < -0.4 is 0 Å². The van der Waals surface area contributed by atoms with Gasteiger partial charge in [0, 0.05) is 23.2 Å². The maximum atomic E-state index is 13.2. The Kier molecular flexibility index (Phi) is 4.20. The van der Waals surface area contributed by atoms with Gasteiger partial charge < -0.3 is 19.7 Å². The van der Waals surface area contributed by atoms with Crippen molar-refractivity contribution < 1.29 is 29.3 Å². The van der Waals surface area contributed by atoms with E-state index in [9.17, 15) is 19.8 Å². The topological polar surface area (TPSA) is 93.1 Å². The van der Waals surface area contributed by atoms with E-state index in [1.807, 2.05) is 13.0 Å². The summed E-state index contributed by atoms with van der Waals surface area (Å²) in [5.41, 5.74) is -1.14. The maximum absolute atomic E-state index is 13.2. The van der Waals surface area contributed by atoms with E-state index < -0.39 is 35.6 Å². The van der Waals surface area contributed by atoms with Crippen molar-refractivity contribution in [1.82, 2.24) is 0 Å². The zero-order chi connectivity index (χ0) is 21.7. The molecule has 8 atom stereocenters. The molecule has 6 heteroatoms. The summed E-state index contributed by atoms with van der Waals surface area (Å²) in [5.74, 6) is -0.913. The number of aliphatic hydroxyl groups is 2. The standard InChI is InChI=1S/C24H32O6/c1-21(2)29-19-10-16-15-6-5-13-9-14(26)7-8-22(13,3)20(15)17(27)11-23(16,4)24(19,30-21)18(28)12-25/h5,7-8,15-17,19-20,25,27H,6,9-12H2,1-4H3/t15-,16-,17-,19+,20+,22-,23-,24+/m0/s1. The number of hydrogen-bond acceptors (Lipinski definition) is 6. The second kappa shape index (κ2) is 6.12. The second-order valence-corrected chi connectivity index (χ2v) is 10.9. The van der Waals surface area contributed by atoms with Crippen molar-refractivity contribution in [3.63, 3.8) is 0 Å². The Morgan fingerprint density at radius 3 is 2.70 bits per heavy atom. The fraction of sp³-hybridized carbons (Fsp3) is 0.750. The lowest BCUT2D eigenvalue weighted by molar-refractivity contribution is -0.224. The highest BCUT2D eigenvalue weighted by Gasteiger charge is 2.76. The molecule has 0 radical (unpaired) electrons. The third-order valence-corrected chi connectivity index (χ3v) is 9.01. The number of ketones is 2. The maximum Gasteiger partial charge on any atom is 0.193 e. The number of allylic oxidation sites excluding steroid dienone is 4. The Labute approximate surface area is 177 Å². The summed E-state index contributed by atoms with van der Waals surface area (Å²) in [7, 11) is 0. The third-order valence-electron chi connectivity index (χ3n) is 9.01. The van der Waals surface area contributed by atoms with Crippen molar-refractivity contribution >= 4 is 11.6 Å². The van der Waals surface area contributed by atoms with E-state index in [-0.39, 0.29) is 34.7 Å². The first-order chi connectivity index (χ1) is 14.0. The van der Waals surface area contributed by atoms with Gasteiger partial charge >= 0.3 is 0 Å². The van der Waals surface area contributed by atoms with E-state index in [2.05, 4.69) is 13.0 Å². The zero-order valence-corrected chi connectivity index (χ0v) is 18.2. The molecule has 1 aliphatic heterocycles. The van der Waals surface area contributed by atoms with Gasteiger partial charge in [-0.05, 0) is 51.0 Å². The first-order valence-corrected chi connectivity index (χ1v) is 11.1. The molecule has 4 aliphatic carbocycles. The summed E-state index contributed by atoms with van der Waals surface area (Å²) in [5, 5.41) is 21.3. The average molecular weight is 417 g/mol. The van der Waals surface area contributed by atoms with Crippen molar-refractivity contribution in [1.29, 1.82) is 0 Å². The van der Waals surface area contributed by atoms with Crippen LogP contribution in [0.2, 0.25) is 0 Å². The van der Waals surface area contributed by atoms with Crippen molar-refractivity contribution in [2.24, 2.45) is 28.6 Å². The normalized spacial score (nSPS) is 50.9. The van der Waals surface area contributed by atoms with Gasteiger partial charge in [0.05, 0.1) is 12.2 Å². The number of fused-ring (bicyclic) bond motifs is 7. The van der Waals surface area contributed by atoms with E-state index in [1.165, 1.54) is 0 Å². The van der Waals surface area contributed by atoms with E-state index in [4.69, 9.17) is 9.47 Å². The highest BCUT2D eigenvalue weighted by atomic mass is 16.8. The first-order valence-electron chi connectivity index (χ1n) is 11.1. The summed E-state index contributed by atoms with van der Waals surface area (Å²) >= 11 is 0. The molecule has 3 fully saturated rings. The molecule has 0 aromatic carbocycles. The smallest absolute Gasteiger partial charge is 0.193 e. The van der Waals surface area contributed by atoms with E-state index in [0.29, 0.717) is 19.3 Å². The molecule has 5 aliphatic rings. The molecule has 30 heavy (non-hydrogen) atoms. The monoisotopic (exact) mass is 416 g/mol. The van der Waals surface area contributed by atoms with E-state index in [1.54, 1.807) is 19.9 Å². The minimum absolute atomic E-state index is 0.0203. The number of rotatable bonds is 2. The first kappa shape index (κ1) is 20.6. The van der Waals surface area contributed by atoms with Crippen LogP contribution >= 0.6 is 0 Å². The van der Waals surface area contributed by atoms with Crippen molar-refractivity contribution in [2.45, 2.75) is 77.0 Å². The van der Waals surface area contributed by atoms with Crippen LogP contribution in [0, 0.1) is 28.6 Å². The predicted octanol–water partition coefficient (Wildman–Crippen LogP) is 2.33. The lowest BCUT2D eigenvalue weighted by Crippen LogP contribution is -2.63. The molecule has 0 unspecified atom stereocenters. The number of carbonyl (C=O) groups is 2. The molecule has 0 aromatic rings. The third kappa shape index (κ3) is 2.34. The SMILES string of the molecule is CC1(C)O[C@@H]2C[C@H]3[C@@H]4CC=C5CC(=O)C=C[C@]5(C)[C@H]4[C@@H](O)C[C@]3(C)[C@]2(C(=O)CO)O1. The van der Waals surface area contributed by atoms with Crippen LogP contribution in [0.25, 0.3) is 0 Å². The predicted molar refractivity (Wildman–Crippen MR) is 108 cm³/mol. The van der Waals surface area contributed by atoms with E-state index in [0.717, 1.165) is 12.0 Å². The van der Waals surface area contributed by atoms with Gasteiger partial charge in [0.25, 0.3) is 0 Å². The number of hydrogen-bond donors (Lipinski definition) is 2. The molecule has 1 saturated heterocycles. The minimum Gasteiger partial charge on any atom is -0.393 e. The Hall–Kier alpha value is -1.34. The fourth-order valence-electron chi connectivity index (χ4n) is 7.95. The number of aliphatic hydroxyl groups excluding tert-OH is 2. The molecular weight excluding hydrogens is 384 g/mol. The summed E-state index contributed by atoms with van der Waals surface area (Å²) in [6.45, 7) is 7.18. The fourth-order valence-corrected chi connectivity index (χ4v) is 7.95. The Bertz CT molecular complexity index is 873. The van der Waals surface area contributed by atoms with Crippen LogP contribution in [0.4, 0.5) is 0 Å². The van der Waals surface area contributed by atoms with Gasteiger partial charge in [0.2, 0.25) is 0 Å². The Morgan fingerprint density at radius 1 is 1.27 bits per heavy atom. The molecule has 0 bridgehead atoms. The lowest BCUT2D eigenvalue weighted by Gasteiger charge is -2.59. The molecule has 0 aromatic heterocycles. The van der Waals surface area contributed by atoms with Crippen LogP contribution in [-0.4, -0.2) is 52.0 Å². The van der Waals surface area contributed by atoms with Crippen LogP contribution in [-0.2, 0) is 19.1 Å². The average Bonchev–Trinajstić information content (AvgIpc) is 3.07. The Balaban J connectivity index is 1.60. The zero-order valence-electron chi connectivity index (χ0n) is 18.2. The van der Waals surface area contributed by atoms with Crippen LogP contribution in [0.1, 0.15) is 53.4 Å². The largest absolute Gasteiger partial charge is 0.393 e.